The average molecular weight is 404 g/mol. The first-order valence-corrected chi connectivity index (χ1v) is 10.2. The van der Waals surface area contributed by atoms with Crippen molar-refractivity contribution in [2.45, 2.75) is 17.7 Å². The zero-order chi connectivity index (χ0) is 20.3. The molecular formula is C19H20N2O6S. The van der Waals surface area contributed by atoms with Crippen LogP contribution in [0, 0.1) is 16.0 Å². The van der Waals surface area contributed by atoms with Gasteiger partial charge in [-0.05, 0) is 49.2 Å². The fourth-order valence-corrected chi connectivity index (χ4v) is 4.71. The quantitative estimate of drug-likeness (QED) is 0.416. The predicted molar refractivity (Wildman–Crippen MR) is 102 cm³/mol. The van der Waals surface area contributed by atoms with Crippen LogP contribution < -0.4 is 4.74 Å². The Hall–Kier alpha value is -2.78. The van der Waals surface area contributed by atoms with Crippen molar-refractivity contribution in [3.8, 4) is 5.75 Å². The Morgan fingerprint density at radius 2 is 1.64 bits per heavy atom. The van der Waals surface area contributed by atoms with Crippen molar-refractivity contribution in [2.24, 2.45) is 5.92 Å². The minimum Gasteiger partial charge on any atom is -0.497 e. The van der Waals surface area contributed by atoms with Gasteiger partial charge in [-0.15, -0.1) is 0 Å². The highest BCUT2D eigenvalue weighted by molar-refractivity contribution is 7.89. The third kappa shape index (κ3) is 4.05. The van der Waals surface area contributed by atoms with E-state index in [1.54, 1.807) is 31.4 Å². The van der Waals surface area contributed by atoms with Gasteiger partial charge in [0.05, 0.1) is 16.9 Å². The first kappa shape index (κ1) is 20.0. The molecule has 0 amide bonds. The largest absolute Gasteiger partial charge is 0.497 e. The van der Waals surface area contributed by atoms with Crippen LogP contribution in [0.5, 0.6) is 5.75 Å². The summed E-state index contributed by atoms with van der Waals surface area (Å²) in [5.74, 6) is 0.423. The molecule has 0 aromatic heterocycles. The molecule has 1 saturated heterocycles. The van der Waals surface area contributed by atoms with Gasteiger partial charge in [0.1, 0.15) is 5.75 Å². The number of non-ortho nitro benzene ring substituents is 1. The number of methoxy groups -OCH3 is 1. The Morgan fingerprint density at radius 1 is 1.07 bits per heavy atom. The summed E-state index contributed by atoms with van der Waals surface area (Å²) in [5.41, 5.74) is 0.417. The maximum absolute atomic E-state index is 12.7. The number of carbonyl (C=O) groups excluding carboxylic acids is 1. The standard InChI is InChI=1S/C19H20N2O6S/c1-27-17-6-2-14(3-7-17)19(22)15-10-12-20(13-11-15)28(25,26)18-8-4-16(5-9-18)21(23)24/h2-9,15H,10-13H2,1H3. The number of carbonyl (C=O) groups is 1. The number of nitro benzene ring substituents is 1. The molecular weight excluding hydrogens is 384 g/mol. The molecule has 0 spiro atoms. The summed E-state index contributed by atoms with van der Waals surface area (Å²) in [6, 6.07) is 11.7. The lowest BCUT2D eigenvalue weighted by molar-refractivity contribution is -0.384. The maximum atomic E-state index is 12.7. The summed E-state index contributed by atoms with van der Waals surface area (Å²) in [6.07, 6.45) is 0.855. The van der Waals surface area contributed by atoms with Crippen LogP contribution in [-0.4, -0.2) is 43.6 Å². The summed E-state index contributed by atoms with van der Waals surface area (Å²) in [4.78, 5) is 22.8. The number of ketones is 1. The van der Waals surface area contributed by atoms with Crippen LogP contribution in [-0.2, 0) is 10.0 Å². The lowest BCUT2D eigenvalue weighted by Gasteiger charge is -2.30. The molecule has 9 heteroatoms. The molecule has 2 aromatic carbocycles. The van der Waals surface area contributed by atoms with E-state index in [0.29, 0.717) is 24.2 Å². The number of ether oxygens (including phenoxy) is 1. The highest BCUT2D eigenvalue weighted by Crippen LogP contribution is 2.27. The number of hydrogen-bond acceptors (Lipinski definition) is 6. The van der Waals surface area contributed by atoms with Crippen LogP contribution in [0.4, 0.5) is 5.69 Å². The van der Waals surface area contributed by atoms with Crippen LogP contribution in [0.25, 0.3) is 0 Å². The molecule has 1 heterocycles. The monoisotopic (exact) mass is 404 g/mol. The number of sulfonamides is 1. The van der Waals surface area contributed by atoms with Crippen molar-refractivity contribution >= 4 is 21.5 Å². The van der Waals surface area contributed by atoms with Gasteiger partial charge < -0.3 is 4.74 Å². The van der Waals surface area contributed by atoms with E-state index in [1.165, 1.54) is 28.6 Å². The number of piperidine rings is 1. The van der Waals surface area contributed by atoms with Crippen molar-refractivity contribution in [2.75, 3.05) is 20.2 Å². The van der Waals surface area contributed by atoms with Gasteiger partial charge in [-0.1, -0.05) is 0 Å². The van der Waals surface area contributed by atoms with Crippen LogP contribution in [0.1, 0.15) is 23.2 Å². The smallest absolute Gasteiger partial charge is 0.269 e. The topological polar surface area (TPSA) is 107 Å². The van der Waals surface area contributed by atoms with Crippen molar-refractivity contribution in [1.82, 2.24) is 4.31 Å². The van der Waals surface area contributed by atoms with Gasteiger partial charge in [-0.2, -0.15) is 4.31 Å². The van der Waals surface area contributed by atoms with Crippen LogP contribution in [0.15, 0.2) is 53.4 Å². The van der Waals surface area contributed by atoms with Crippen molar-refractivity contribution in [1.29, 1.82) is 0 Å². The molecule has 8 nitrogen and oxygen atoms in total. The van der Waals surface area contributed by atoms with Gasteiger partial charge in [-0.3, -0.25) is 14.9 Å². The predicted octanol–water partition coefficient (Wildman–Crippen LogP) is 2.89. The van der Waals surface area contributed by atoms with Crippen LogP contribution >= 0.6 is 0 Å². The van der Waals surface area contributed by atoms with Gasteiger partial charge in [0.25, 0.3) is 5.69 Å². The first-order valence-electron chi connectivity index (χ1n) is 8.76. The third-order valence-electron chi connectivity index (χ3n) is 4.88. The summed E-state index contributed by atoms with van der Waals surface area (Å²) >= 11 is 0. The molecule has 0 radical (unpaired) electrons. The average Bonchev–Trinajstić information content (AvgIpc) is 2.73. The van der Waals surface area contributed by atoms with Crippen molar-refractivity contribution < 1.29 is 22.9 Å². The van der Waals surface area contributed by atoms with E-state index in [4.69, 9.17) is 4.74 Å². The van der Waals surface area contributed by atoms with Crippen molar-refractivity contribution in [3.63, 3.8) is 0 Å². The third-order valence-corrected chi connectivity index (χ3v) is 6.80. The number of benzene rings is 2. The van der Waals surface area contributed by atoms with Crippen molar-refractivity contribution in [3.05, 3.63) is 64.2 Å². The molecule has 28 heavy (non-hydrogen) atoms. The normalized spacial score (nSPS) is 15.9. The number of rotatable bonds is 6. The molecule has 148 valence electrons. The lowest BCUT2D eigenvalue weighted by atomic mass is 9.89. The number of hydrogen-bond donors (Lipinski definition) is 0. The molecule has 0 N–H and O–H groups in total. The number of nitro groups is 1. The Morgan fingerprint density at radius 3 is 2.14 bits per heavy atom. The van der Waals surface area contributed by atoms with Gasteiger partial charge >= 0.3 is 0 Å². The summed E-state index contributed by atoms with van der Waals surface area (Å²) < 4.78 is 31.9. The van der Waals surface area contributed by atoms with Gasteiger partial charge in [-0.25, -0.2) is 8.42 Å². The zero-order valence-corrected chi connectivity index (χ0v) is 16.1. The van der Waals surface area contributed by atoms with E-state index in [1.807, 2.05) is 0 Å². The molecule has 0 saturated carbocycles. The van der Waals surface area contributed by atoms with E-state index < -0.39 is 14.9 Å². The zero-order valence-electron chi connectivity index (χ0n) is 15.3. The second-order valence-corrected chi connectivity index (χ2v) is 8.46. The first-order chi connectivity index (χ1) is 13.3. The SMILES string of the molecule is COc1ccc(C(=O)C2CCN(S(=O)(=O)c3ccc([N+](=O)[O-])cc3)CC2)cc1. The van der Waals surface area contributed by atoms with Gasteiger partial charge in [0, 0.05) is 36.7 Å². The molecule has 0 bridgehead atoms. The second-order valence-electron chi connectivity index (χ2n) is 6.52. The van der Waals surface area contributed by atoms with E-state index in [9.17, 15) is 23.3 Å². The highest BCUT2D eigenvalue weighted by atomic mass is 32.2. The summed E-state index contributed by atoms with van der Waals surface area (Å²) in [5, 5.41) is 10.7. The summed E-state index contributed by atoms with van der Waals surface area (Å²) in [7, 11) is -2.19. The van der Waals surface area contributed by atoms with Crippen LogP contribution in [0.3, 0.4) is 0 Å². The molecule has 3 rings (SSSR count). The molecule has 1 aliphatic rings. The number of nitrogens with zero attached hydrogens (tertiary/aromatic N) is 2. The van der Waals surface area contributed by atoms with Crippen LogP contribution in [0.2, 0.25) is 0 Å². The number of Topliss-reactive ketones (excluding diaryl/α,β-unsaturated/α-hetero) is 1. The fourth-order valence-electron chi connectivity index (χ4n) is 3.24. The van der Waals surface area contributed by atoms with Gasteiger partial charge in [0.2, 0.25) is 10.0 Å². The molecule has 0 aliphatic carbocycles. The molecule has 1 aliphatic heterocycles. The van der Waals surface area contributed by atoms with E-state index in [-0.39, 0.29) is 35.4 Å². The second kappa shape index (κ2) is 8.07. The fraction of sp³-hybridized carbons (Fsp3) is 0.316. The summed E-state index contributed by atoms with van der Waals surface area (Å²) in [6.45, 7) is 0.456. The Bertz CT molecular complexity index is 962. The van der Waals surface area contributed by atoms with E-state index in [2.05, 4.69) is 0 Å². The van der Waals surface area contributed by atoms with E-state index in [0.717, 1.165) is 0 Å². The molecule has 0 atom stereocenters. The Balaban J connectivity index is 1.66. The maximum Gasteiger partial charge on any atom is 0.269 e. The lowest BCUT2D eigenvalue weighted by Crippen LogP contribution is -2.40. The van der Waals surface area contributed by atoms with Gasteiger partial charge in [0.15, 0.2) is 5.78 Å². The van der Waals surface area contributed by atoms with E-state index >= 15 is 0 Å². The Labute approximate surface area is 162 Å². The molecule has 0 unspecified atom stereocenters. The molecule has 1 fully saturated rings. The highest BCUT2D eigenvalue weighted by Gasteiger charge is 2.32. The minimum atomic E-state index is -3.74. The minimum absolute atomic E-state index is 0.00460. The molecule has 2 aromatic rings. The Kier molecular flexibility index (Phi) is 5.76.